The SMILES string of the molecule is C=C/C=C/Nc1ccccc1N=Cc1cc(Cc2nc3ccccc3n2C/C=C\C=C/C)cc(-c2nc3ccccc3n2/C(C)=C/C=C\CC)c1.C=CC.CC.CC. The number of nitrogens with zero attached hydrogens (tertiary/aromatic N) is 5. The summed E-state index contributed by atoms with van der Waals surface area (Å²) in [5, 5.41) is 3.32. The fourth-order valence-corrected chi connectivity index (χ4v) is 6.08. The normalized spacial score (nSPS) is 11.6. The summed E-state index contributed by atoms with van der Waals surface area (Å²) in [5.41, 5.74) is 10.0. The zero-order valence-corrected chi connectivity index (χ0v) is 35.9. The molecular weight excluding hydrogens is 709 g/mol. The third-order valence-corrected chi connectivity index (χ3v) is 8.45. The lowest BCUT2D eigenvalue weighted by Gasteiger charge is -2.13. The second kappa shape index (κ2) is 25.6. The fraction of sp³-hybridized carbons (Fsp3) is 0.212. The number of benzene rings is 4. The summed E-state index contributed by atoms with van der Waals surface area (Å²) in [5.74, 6) is 1.88. The van der Waals surface area contributed by atoms with Crippen LogP contribution in [0.15, 0.2) is 176 Å². The second-order valence-corrected chi connectivity index (χ2v) is 12.5. The molecule has 0 aliphatic heterocycles. The number of anilines is 1. The monoisotopic (exact) mass is 771 g/mol. The summed E-state index contributed by atoms with van der Waals surface area (Å²) in [6.07, 6.45) is 25.5. The van der Waals surface area contributed by atoms with Gasteiger partial charge >= 0.3 is 0 Å². The lowest BCUT2D eigenvalue weighted by Crippen LogP contribution is -2.05. The van der Waals surface area contributed by atoms with Gasteiger partial charge in [-0.2, -0.15) is 0 Å². The van der Waals surface area contributed by atoms with E-state index in [0.29, 0.717) is 6.42 Å². The molecule has 6 aromatic rings. The van der Waals surface area contributed by atoms with Crippen LogP contribution in [0.25, 0.3) is 39.2 Å². The number of hydrogen-bond donors (Lipinski definition) is 1. The van der Waals surface area contributed by atoms with Gasteiger partial charge in [-0.1, -0.05) is 126 Å². The average Bonchev–Trinajstić information content (AvgIpc) is 3.82. The van der Waals surface area contributed by atoms with E-state index in [0.717, 1.165) is 80.4 Å². The quantitative estimate of drug-likeness (QED) is 0.0682. The highest BCUT2D eigenvalue weighted by atomic mass is 15.1. The van der Waals surface area contributed by atoms with Gasteiger partial charge < -0.3 is 9.88 Å². The molecule has 0 spiro atoms. The molecule has 0 aliphatic rings. The first-order valence-corrected chi connectivity index (χ1v) is 20.4. The van der Waals surface area contributed by atoms with Gasteiger partial charge in [0, 0.05) is 36.6 Å². The van der Waals surface area contributed by atoms with Crippen LogP contribution in [0.1, 0.15) is 78.8 Å². The van der Waals surface area contributed by atoms with Gasteiger partial charge in [0.15, 0.2) is 0 Å². The lowest BCUT2D eigenvalue weighted by molar-refractivity contribution is 0.779. The zero-order valence-electron chi connectivity index (χ0n) is 35.9. The molecule has 6 nitrogen and oxygen atoms in total. The Labute approximate surface area is 347 Å². The van der Waals surface area contributed by atoms with Gasteiger partial charge in [-0.05, 0) is 105 Å². The minimum atomic E-state index is 0.638. The smallest absolute Gasteiger partial charge is 0.145 e. The molecular formula is C52H62N6. The third kappa shape index (κ3) is 12.8. The molecule has 0 saturated heterocycles. The van der Waals surface area contributed by atoms with Crippen molar-refractivity contribution in [1.82, 2.24) is 19.1 Å². The van der Waals surface area contributed by atoms with Crippen LogP contribution < -0.4 is 5.32 Å². The maximum absolute atomic E-state index is 5.20. The number of allylic oxidation sites excluding steroid dienone is 11. The van der Waals surface area contributed by atoms with Crippen molar-refractivity contribution in [2.24, 2.45) is 4.99 Å². The molecule has 0 amide bonds. The van der Waals surface area contributed by atoms with E-state index < -0.39 is 0 Å². The Morgan fingerprint density at radius 3 is 2.16 bits per heavy atom. The first-order valence-electron chi connectivity index (χ1n) is 20.4. The number of rotatable bonds is 14. The van der Waals surface area contributed by atoms with Crippen molar-refractivity contribution in [3.8, 4) is 11.4 Å². The molecule has 0 saturated carbocycles. The Bertz CT molecular complexity index is 2370. The van der Waals surface area contributed by atoms with E-state index in [4.69, 9.17) is 15.0 Å². The molecule has 58 heavy (non-hydrogen) atoms. The highest BCUT2D eigenvalue weighted by Crippen LogP contribution is 2.31. The molecule has 0 unspecified atom stereocenters. The van der Waals surface area contributed by atoms with E-state index in [-0.39, 0.29) is 0 Å². The maximum atomic E-state index is 5.20. The van der Waals surface area contributed by atoms with E-state index in [1.54, 1.807) is 12.2 Å². The van der Waals surface area contributed by atoms with Crippen molar-refractivity contribution in [1.29, 1.82) is 0 Å². The number of nitrogens with one attached hydrogen (secondary N) is 1. The standard InChI is InChI=1S/C45H44N6.C3H6.2C2H6/c1-5-8-11-19-28-50-42-25-17-15-23-40(42)48-44(50)32-35-29-36(33-47-39-22-14-13-21-38(39)46-27-10-7-3)31-37(30-35)45-49-41-24-16-18-26-43(41)51(45)34(4)20-12-9-6-2;1-3-2;2*1-2/h5,7-27,29-31,33,46H,3,6,28,32H2,1-2,4H3;3H,1H2,2H3;2*1-2H3/b8-5-,12-9-,19-11-,27-10+,34-20+,47-33?;;;. The Morgan fingerprint density at radius 2 is 1.45 bits per heavy atom. The topological polar surface area (TPSA) is 60.0 Å². The van der Waals surface area contributed by atoms with Crippen molar-refractivity contribution in [3.05, 3.63) is 188 Å². The molecule has 1 N–H and O–H groups in total. The van der Waals surface area contributed by atoms with E-state index in [1.807, 2.05) is 103 Å². The van der Waals surface area contributed by atoms with Crippen molar-refractivity contribution in [2.45, 2.75) is 74.8 Å². The van der Waals surface area contributed by atoms with Crippen LogP contribution in [0.4, 0.5) is 11.4 Å². The molecule has 0 aliphatic carbocycles. The number of aliphatic imine (C=N–C) groups is 1. The first-order chi connectivity index (χ1) is 28.5. The second-order valence-electron chi connectivity index (χ2n) is 12.5. The van der Waals surface area contributed by atoms with Gasteiger partial charge in [-0.15, -0.1) is 6.58 Å². The number of para-hydroxylation sites is 6. The van der Waals surface area contributed by atoms with Gasteiger partial charge in [0.25, 0.3) is 0 Å². The summed E-state index contributed by atoms with van der Waals surface area (Å²) < 4.78 is 4.55. The van der Waals surface area contributed by atoms with Crippen LogP contribution >= 0.6 is 0 Å². The van der Waals surface area contributed by atoms with Crippen LogP contribution in [0.5, 0.6) is 0 Å². The Hall–Kier alpha value is -6.53. The Balaban J connectivity index is 0.00000121. The largest absolute Gasteiger partial charge is 0.360 e. The van der Waals surface area contributed by atoms with E-state index in [1.165, 1.54) is 0 Å². The molecule has 2 heterocycles. The van der Waals surface area contributed by atoms with Gasteiger partial charge in [0.05, 0.1) is 33.4 Å². The molecule has 0 fully saturated rings. The molecule has 2 aromatic heterocycles. The van der Waals surface area contributed by atoms with Crippen molar-refractivity contribution in [3.63, 3.8) is 0 Å². The third-order valence-electron chi connectivity index (χ3n) is 8.45. The summed E-state index contributed by atoms with van der Waals surface area (Å²) in [6.45, 7) is 24.1. The first kappa shape index (κ1) is 45.9. The highest BCUT2D eigenvalue weighted by Gasteiger charge is 2.17. The van der Waals surface area contributed by atoms with E-state index in [9.17, 15) is 0 Å². The molecule has 0 radical (unpaired) electrons. The number of aromatic nitrogens is 4. The minimum Gasteiger partial charge on any atom is -0.360 e. The highest BCUT2D eigenvalue weighted by molar-refractivity contribution is 5.89. The maximum Gasteiger partial charge on any atom is 0.145 e. The Kier molecular flexibility index (Phi) is 20.2. The van der Waals surface area contributed by atoms with Crippen molar-refractivity contribution >= 4 is 45.4 Å². The van der Waals surface area contributed by atoms with Gasteiger partial charge in [-0.3, -0.25) is 9.56 Å². The molecule has 4 aromatic carbocycles. The molecule has 0 atom stereocenters. The molecule has 300 valence electrons. The predicted molar refractivity (Wildman–Crippen MR) is 256 cm³/mol. The number of hydrogen-bond acceptors (Lipinski definition) is 4. The van der Waals surface area contributed by atoms with Crippen LogP contribution in [0.3, 0.4) is 0 Å². The van der Waals surface area contributed by atoms with E-state index >= 15 is 0 Å². The van der Waals surface area contributed by atoms with Crippen LogP contribution in [0, 0.1) is 0 Å². The summed E-state index contributed by atoms with van der Waals surface area (Å²) >= 11 is 0. The van der Waals surface area contributed by atoms with Crippen LogP contribution in [0.2, 0.25) is 0 Å². The van der Waals surface area contributed by atoms with Gasteiger partial charge in [0.1, 0.15) is 11.6 Å². The molecule has 6 rings (SSSR count). The summed E-state index contributed by atoms with van der Waals surface area (Å²) in [6, 6.07) is 31.3. The summed E-state index contributed by atoms with van der Waals surface area (Å²) in [7, 11) is 0. The fourth-order valence-electron chi connectivity index (χ4n) is 6.08. The molecule has 6 heteroatoms. The number of fused-ring (bicyclic) bond motifs is 2. The van der Waals surface area contributed by atoms with Crippen LogP contribution in [-0.2, 0) is 13.0 Å². The van der Waals surface area contributed by atoms with Gasteiger partial charge in [0.2, 0.25) is 0 Å². The minimum absolute atomic E-state index is 0.638. The van der Waals surface area contributed by atoms with Gasteiger partial charge in [-0.25, -0.2) is 9.97 Å². The summed E-state index contributed by atoms with van der Waals surface area (Å²) in [4.78, 5) is 15.3. The lowest BCUT2D eigenvalue weighted by atomic mass is 10.0. The number of imidazole rings is 2. The average molecular weight is 771 g/mol. The Morgan fingerprint density at radius 1 is 0.776 bits per heavy atom. The van der Waals surface area contributed by atoms with Crippen LogP contribution in [-0.4, -0.2) is 25.3 Å². The molecule has 0 bridgehead atoms. The van der Waals surface area contributed by atoms with Crippen molar-refractivity contribution in [2.75, 3.05) is 5.32 Å². The van der Waals surface area contributed by atoms with Crippen molar-refractivity contribution < 1.29 is 0 Å². The van der Waals surface area contributed by atoms with E-state index in [2.05, 4.69) is 133 Å². The zero-order chi connectivity index (χ0) is 42.1. The predicted octanol–water partition coefficient (Wildman–Crippen LogP) is 14.7.